The number of likely N-dealkylation sites (N-methyl/N-ethyl adjacent to an activating group) is 1. The van der Waals surface area contributed by atoms with E-state index in [-0.39, 0.29) is 5.91 Å². The van der Waals surface area contributed by atoms with Gasteiger partial charge in [-0.05, 0) is 24.3 Å². The maximum atomic E-state index is 12.8. The number of anilines is 2. The number of para-hydroxylation sites is 1. The summed E-state index contributed by atoms with van der Waals surface area (Å²) < 4.78 is 6.45. The standard InChI is InChI=1S/C21H24N4O2S/c1-23(21-22-18-8-3-4-9-19(18)28-21)15-20(26)25-12-10-24(11-13-25)16-6-5-7-17(14-16)27-2/h3-9,14H,10-13,15H2,1-2H3. The lowest BCUT2D eigenvalue weighted by Crippen LogP contribution is -2.51. The number of hydrogen-bond donors (Lipinski definition) is 0. The van der Waals surface area contributed by atoms with E-state index in [9.17, 15) is 4.79 Å². The van der Waals surface area contributed by atoms with Crippen LogP contribution in [0.4, 0.5) is 10.8 Å². The third kappa shape index (κ3) is 3.89. The first kappa shape index (κ1) is 18.6. The first-order valence-corrected chi connectivity index (χ1v) is 10.2. The normalized spacial score (nSPS) is 14.4. The Hall–Kier alpha value is -2.80. The largest absolute Gasteiger partial charge is 0.497 e. The van der Waals surface area contributed by atoms with E-state index in [0.717, 1.165) is 53.0 Å². The Morgan fingerprint density at radius 1 is 1.14 bits per heavy atom. The molecule has 1 aromatic heterocycles. The molecule has 1 amide bonds. The van der Waals surface area contributed by atoms with Crippen LogP contribution in [0, 0.1) is 0 Å². The van der Waals surface area contributed by atoms with Crippen molar-refractivity contribution in [2.45, 2.75) is 0 Å². The molecule has 2 heterocycles. The summed E-state index contributed by atoms with van der Waals surface area (Å²) in [7, 11) is 3.61. The van der Waals surface area contributed by atoms with Gasteiger partial charge in [0, 0.05) is 45.0 Å². The summed E-state index contributed by atoms with van der Waals surface area (Å²) in [6.45, 7) is 3.44. The van der Waals surface area contributed by atoms with E-state index in [0.29, 0.717) is 6.54 Å². The van der Waals surface area contributed by atoms with Crippen LogP contribution in [0.3, 0.4) is 0 Å². The van der Waals surface area contributed by atoms with Crippen molar-refractivity contribution in [2.24, 2.45) is 0 Å². The monoisotopic (exact) mass is 396 g/mol. The quantitative estimate of drug-likeness (QED) is 0.663. The van der Waals surface area contributed by atoms with Gasteiger partial charge in [0.15, 0.2) is 5.13 Å². The molecule has 6 nitrogen and oxygen atoms in total. The number of nitrogens with zero attached hydrogens (tertiary/aromatic N) is 4. The zero-order valence-electron chi connectivity index (χ0n) is 16.2. The van der Waals surface area contributed by atoms with Gasteiger partial charge < -0.3 is 19.4 Å². The van der Waals surface area contributed by atoms with E-state index in [1.165, 1.54) is 0 Å². The molecule has 0 bridgehead atoms. The Kier molecular flexibility index (Phi) is 5.34. The van der Waals surface area contributed by atoms with E-state index < -0.39 is 0 Å². The van der Waals surface area contributed by atoms with Crippen molar-refractivity contribution in [3.8, 4) is 5.75 Å². The lowest BCUT2D eigenvalue weighted by atomic mass is 10.2. The Balaban J connectivity index is 1.34. The number of aromatic nitrogens is 1. The summed E-state index contributed by atoms with van der Waals surface area (Å²) in [6, 6.07) is 16.1. The summed E-state index contributed by atoms with van der Waals surface area (Å²) in [5.41, 5.74) is 2.12. The molecular weight excluding hydrogens is 372 g/mol. The van der Waals surface area contributed by atoms with Crippen LogP contribution >= 0.6 is 11.3 Å². The third-order valence-electron chi connectivity index (χ3n) is 5.03. The minimum atomic E-state index is 0.145. The number of ether oxygens (including phenoxy) is 1. The summed E-state index contributed by atoms with van der Waals surface area (Å²) in [6.07, 6.45) is 0. The number of piperazine rings is 1. The molecule has 0 spiro atoms. The number of carbonyl (C=O) groups excluding carboxylic acids is 1. The van der Waals surface area contributed by atoms with Crippen LogP contribution in [0.15, 0.2) is 48.5 Å². The van der Waals surface area contributed by atoms with Crippen molar-refractivity contribution in [3.05, 3.63) is 48.5 Å². The third-order valence-corrected chi connectivity index (χ3v) is 6.18. The van der Waals surface area contributed by atoms with Crippen LogP contribution in [0.25, 0.3) is 10.2 Å². The number of fused-ring (bicyclic) bond motifs is 1. The fourth-order valence-corrected chi connectivity index (χ4v) is 4.34. The minimum Gasteiger partial charge on any atom is -0.497 e. The molecule has 1 fully saturated rings. The molecule has 1 saturated heterocycles. The van der Waals surface area contributed by atoms with Crippen LogP contribution in [0.5, 0.6) is 5.75 Å². The molecule has 28 heavy (non-hydrogen) atoms. The molecule has 0 N–H and O–H groups in total. The molecule has 0 radical (unpaired) electrons. The van der Waals surface area contributed by atoms with Gasteiger partial charge in [-0.3, -0.25) is 4.79 Å². The van der Waals surface area contributed by atoms with Gasteiger partial charge in [-0.1, -0.05) is 29.5 Å². The highest BCUT2D eigenvalue weighted by Gasteiger charge is 2.23. The maximum Gasteiger partial charge on any atom is 0.242 e. The highest BCUT2D eigenvalue weighted by molar-refractivity contribution is 7.22. The van der Waals surface area contributed by atoms with Crippen molar-refractivity contribution in [2.75, 3.05) is 56.7 Å². The second-order valence-electron chi connectivity index (χ2n) is 6.89. The van der Waals surface area contributed by atoms with E-state index in [1.807, 2.05) is 53.2 Å². The minimum absolute atomic E-state index is 0.145. The van der Waals surface area contributed by atoms with E-state index in [1.54, 1.807) is 18.4 Å². The molecule has 0 unspecified atom stereocenters. The Bertz CT molecular complexity index is 933. The van der Waals surface area contributed by atoms with E-state index >= 15 is 0 Å². The van der Waals surface area contributed by atoms with Crippen molar-refractivity contribution < 1.29 is 9.53 Å². The molecule has 0 atom stereocenters. The van der Waals surface area contributed by atoms with Gasteiger partial charge in [0.25, 0.3) is 0 Å². The first-order chi connectivity index (χ1) is 13.6. The maximum absolute atomic E-state index is 12.8. The molecule has 1 aliphatic heterocycles. The SMILES string of the molecule is COc1cccc(N2CCN(C(=O)CN(C)c3nc4ccccc4s3)CC2)c1. The number of benzene rings is 2. The fraction of sp³-hybridized carbons (Fsp3) is 0.333. The predicted octanol–water partition coefficient (Wildman–Crippen LogP) is 3.09. The molecule has 0 aliphatic carbocycles. The zero-order valence-corrected chi connectivity index (χ0v) is 17.0. The van der Waals surface area contributed by atoms with Crippen LogP contribution in [0.1, 0.15) is 0 Å². The number of methoxy groups -OCH3 is 1. The van der Waals surface area contributed by atoms with Gasteiger partial charge in [0.2, 0.25) is 5.91 Å². The molecule has 0 saturated carbocycles. The number of rotatable bonds is 5. The predicted molar refractivity (Wildman–Crippen MR) is 115 cm³/mol. The van der Waals surface area contributed by atoms with Gasteiger partial charge in [0.05, 0.1) is 23.9 Å². The topological polar surface area (TPSA) is 48.9 Å². The summed E-state index contributed by atoms with van der Waals surface area (Å²) in [5, 5.41) is 0.879. The zero-order chi connectivity index (χ0) is 19.5. The lowest BCUT2D eigenvalue weighted by molar-refractivity contribution is -0.129. The Morgan fingerprint density at radius 3 is 2.68 bits per heavy atom. The fourth-order valence-electron chi connectivity index (χ4n) is 3.42. The number of carbonyl (C=O) groups is 1. The highest BCUT2D eigenvalue weighted by Crippen LogP contribution is 2.28. The van der Waals surface area contributed by atoms with Crippen molar-refractivity contribution in [3.63, 3.8) is 0 Å². The van der Waals surface area contributed by atoms with Gasteiger partial charge >= 0.3 is 0 Å². The van der Waals surface area contributed by atoms with Gasteiger partial charge in [-0.15, -0.1) is 0 Å². The highest BCUT2D eigenvalue weighted by atomic mass is 32.1. The number of hydrogen-bond acceptors (Lipinski definition) is 6. The number of thiazole rings is 1. The van der Waals surface area contributed by atoms with Crippen molar-refractivity contribution in [1.82, 2.24) is 9.88 Å². The van der Waals surface area contributed by atoms with Gasteiger partial charge in [-0.2, -0.15) is 0 Å². The molecule has 2 aromatic carbocycles. The van der Waals surface area contributed by atoms with Crippen molar-refractivity contribution in [1.29, 1.82) is 0 Å². The number of amides is 1. The van der Waals surface area contributed by atoms with E-state index in [2.05, 4.69) is 22.0 Å². The smallest absolute Gasteiger partial charge is 0.242 e. The second-order valence-corrected chi connectivity index (χ2v) is 7.90. The summed E-state index contributed by atoms with van der Waals surface area (Å²) in [4.78, 5) is 23.6. The molecule has 146 valence electrons. The van der Waals surface area contributed by atoms with Crippen LogP contribution in [-0.4, -0.2) is 62.7 Å². The average Bonchev–Trinajstić information content (AvgIpc) is 3.18. The Morgan fingerprint density at radius 2 is 1.93 bits per heavy atom. The molecule has 4 rings (SSSR count). The first-order valence-electron chi connectivity index (χ1n) is 9.37. The summed E-state index contributed by atoms with van der Waals surface area (Å²) >= 11 is 1.62. The van der Waals surface area contributed by atoms with Crippen LogP contribution in [0.2, 0.25) is 0 Å². The molecule has 7 heteroatoms. The molecule has 3 aromatic rings. The van der Waals surface area contributed by atoms with E-state index in [4.69, 9.17) is 4.74 Å². The van der Waals surface area contributed by atoms with Crippen LogP contribution in [-0.2, 0) is 4.79 Å². The van der Waals surface area contributed by atoms with Gasteiger partial charge in [-0.25, -0.2) is 4.98 Å². The van der Waals surface area contributed by atoms with Crippen molar-refractivity contribution >= 4 is 38.3 Å². The second kappa shape index (κ2) is 8.06. The lowest BCUT2D eigenvalue weighted by Gasteiger charge is -2.36. The summed E-state index contributed by atoms with van der Waals surface area (Å²) in [5.74, 6) is 1.00. The van der Waals surface area contributed by atoms with Crippen LogP contribution < -0.4 is 14.5 Å². The van der Waals surface area contributed by atoms with Gasteiger partial charge in [0.1, 0.15) is 5.75 Å². The average molecular weight is 397 g/mol. The molecule has 1 aliphatic rings. The Labute approximate surface area is 168 Å². The molecular formula is C21H24N4O2S.